The van der Waals surface area contributed by atoms with E-state index in [1.165, 1.54) is 6.92 Å². The Kier molecular flexibility index (Phi) is 9.45. The second-order valence-electron chi connectivity index (χ2n) is 11.6. The van der Waals surface area contributed by atoms with Crippen LogP contribution in [0.2, 0.25) is 0 Å². The molecule has 0 saturated carbocycles. The summed E-state index contributed by atoms with van der Waals surface area (Å²) in [5.74, 6) is -0.282. The third kappa shape index (κ3) is 7.01. The molecule has 2 aliphatic heterocycles. The number of hydrogen-bond acceptors (Lipinski definition) is 14. The highest BCUT2D eigenvalue weighted by atomic mass is 16.8. The quantitative estimate of drug-likeness (QED) is 0.112. The molecule has 264 valence electrons. The second kappa shape index (κ2) is 14.4. The summed E-state index contributed by atoms with van der Waals surface area (Å²) < 4.78 is 39.5. The van der Waals surface area contributed by atoms with Crippen molar-refractivity contribution in [3.8, 4) is 28.5 Å². The monoisotopic (exact) mass is 700 g/mol. The van der Waals surface area contributed by atoms with Crippen LogP contribution in [-0.2, 0) is 35.0 Å². The first-order valence-corrected chi connectivity index (χ1v) is 16.0. The van der Waals surface area contributed by atoms with Crippen molar-refractivity contribution in [1.29, 1.82) is 0 Å². The first-order chi connectivity index (χ1) is 24.8. The average Bonchev–Trinajstić information content (AvgIpc) is 3.92. The van der Waals surface area contributed by atoms with Crippen molar-refractivity contribution < 1.29 is 52.6 Å². The van der Waals surface area contributed by atoms with Gasteiger partial charge >= 0.3 is 18.3 Å². The summed E-state index contributed by atoms with van der Waals surface area (Å²) in [4.78, 5) is 41.7. The molecule has 17 heteroatoms. The number of carboxylic acid groups (broad SMARTS) is 1. The molecule has 1 unspecified atom stereocenters. The summed E-state index contributed by atoms with van der Waals surface area (Å²) in [6.45, 7) is 3.77. The molecule has 2 aliphatic rings. The topological polar surface area (TPSA) is 208 Å². The van der Waals surface area contributed by atoms with Crippen LogP contribution in [0.4, 0.5) is 9.59 Å². The summed E-state index contributed by atoms with van der Waals surface area (Å²) in [6, 6.07) is 21.0. The van der Waals surface area contributed by atoms with Crippen LogP contribution in [0.5, 0.6) is 6.01 Å². The molecule has 4 heterocycles. The maximum atomic E-state index is 13.5. The fraction of sp³-hybridized carbons (Fsp3) is 0.324. The van der Waals surface area contributed by atoms with Crippen molar-refractivity contribution in [1.82, 2.24) is 30.2 Å². The first-order valence-electron chi connectivity index (χ1n) is 16.0. The molecule has 2 fully saturated rings. The standard InChI is InChI=1S/C34H32N6O11/c1-3-45-32-35-24-10-6-9-23(31(41)48-18(2)49-34(44)51-26-17-47-28-25(50-33(42)43)16-46-29(26)28)27(24)40(32)15-19-11-13-20(14-12-19)21-7-4-5-8-22(21)30-36-38-39-37-30/h4-14,18,25-26,28-29H,3,15-17H2,1-2H3,(H,42,43)(H,36,37,38,39)/t18?,25-,26-,28+,29+/m1/s1. The van der Waals surface area contributed by atoms with Crippen LogP contribution < -0.4 is 4.74 Å². The molecule has 0 aliphatic carbocycles. The van der Waals surface area contributed by atoms with Crippen molar-refractivity contribution in [2.24, 2.45) is 0 Å². The molecule has 2 N–H and O–H groups in total. The number of hydrogen-bond donors (Lipinski definition) is 2. The number of carbonyl (C=O) groups is 3. The van der Waals surface area contributed by atoms with Gasteiger partial charge in [0.25, 0.3) is 6.01 Å². The van der Waals surface area contributed by atoms with E-state index in [0.717, 1.165) is 22.3 Å². The zero-order chi connectivity index (χ0) is 35.5. The number of aromatic nitrogens is 6. The van der Waals surface area contributed by atoms with E-state index >= 15 is 0 Å². The number of fused-ring (bicyclic) bond motifs is 2. The minimum atomic E-state index is -1.46. The van der Waals surface area contributed by atoms with Gasteiger partial charge in [-0.1, -0.05) is 54.6 Å². The largest absolute Gasteiger partial charge is 0.511 e. The normalized spacial score (nSPS) is 20.0. The number of ether oxygens (including phenoxy) is 7. The molecule has 5 atom stereocenters. The van der Waals surface area contributed by atoms with Gasteiger partial charge in [-0.3, -0.25) is 4.57 Å². The van der Waals surface area contributed by atoms with Crippen LogP contribution in [0.3, 0.4) is 0 Å². The van der Waals surface area contributed by atoms with Crippen molar-refractivity contribution in [3.05, 3.63) is 77.9 Å². The van der Waals surface area contributed by atoms with Gasteiger partial charge in [0.1, 0.15) is 12.2 Å². The summed E-state index contributed by atoms with van der Waals surface area (Å²) in [7, 11) is 0. The maximum Gasteiger partial charge on any atom is 0.511 e. The SMILES string of the molecule is CCOc1nc2cccc(C(=O)OC(C)OC(=O)O[C@@H]3CO[C@@H]4[C@H]3OC[C@H]4OC(=O)O)c2n1Cc1ccc(-c2ccccc2-c2nn[nH]n2)cc1. The number of aromatic amines is 1. The van der Waals surface area contributed by atoms with Gasteiger partial charge in [-0.2, -0.15) is 10.2 Å². The van der Waals surface area contributed by atoms with Crippen LogP contribution in [-0.4, -0.2) is 104 Å². The zero-order valence-corrected chi connectivity index (χ0v) is 27.3. The predicted molar refractivity (Wildman–Crippen MR) is 174 cm³/mol. The molecule has 17 nitrogen and oxygen atoms in total. The number of nitrogens with zero attached hydrogens (tertiary/aromatic N) is 5. The fourth-order valence-corrected chi connectivity index (χ4v) is 6.18. The number of carbonyl (C=O) groups excluding carboxylic acids is 2. The number of H-pyrrole nitrogens is 1. The van der Waals surface area contributed by atoms with Gasteiger partial charge in [-0.05, 0) is 41.0 Å². The highest BCUT2D eigenvalue weighted by molar-refractivity contribution is 6.02. The third-order valence-electron chi connectivity index (χ3n) is 8.34. The van der Waals surface area contributed by atoms with Gasteiger partial charge in [0.2, 0.25) is 12.1 Å². The summed E-state index contributed by atoms with van der Waals surface area (Å²) in [6.07, 6.45) is -7.10. The van der Waals surface area contributed by atoms with Crippen LogP contribution in [0.25, 0.3) is 33.5 Å². The van der Waals surface area contributed by atoms with Crippen LogP contribution in [0.1, 0.15) is 29.8 Å². The third-order valence-corrected chi connectivity index (χ3v) is 8.34. The van der Waals surface area contributed by atoms with Gasteiger partial charge in [-0.25, -0.2) is 14.4 Å². The molecule has 0 radical (unpaired) electrons. The lowest BCUT2D eigenvalue weighted by molar-refractivity contribution is -0.0988. The Morgan fingerprint density at radius 2 is 1.67 bits per heavy atom. The lowest BCUT2D eigenvalue weighted by atomic mass is 9.98. The van der Waals surface area contributed by atoms with E-state index in [1.54, 1.807) is 22.8 Å². The van der Waals surface area contributed by atoms with Crippen molar-refractivity contribution in [2.75, 3.05) is 19.8 Å². The van der Waals surface area contributed by atoms with Crippen molar-refractivity contribution in [2.45, 2.75) is 51.1 Å². The smallest absolute Gasteiger partial charge is 0.465 e. The van der Waals surface area contributed by atoms with Crippen LogP contribution in [0.15, 0.2) is 66.7 Å². The van der Waals surface area contributed by atoms with Gasteiger partial charge in [0.15, 0.2) is 12.2 Å². The Morgan fingerprint density at radius 1 is 0.941 bits per heavy atom. The van der Waals surface area contributed by atoms with Crippen LogP contribution >= 0.6 is 0 Å². The van der Waals surface area contributed by atoms with E-state index in [4.69, 9.17) is 38.3 Å². The molecule has 0 amide bonds. The van der Waals surface area contributed by atoms with E-state index in [0.29, 0.717) is 36.0 Å². The number of para-hydroxylation sites is 1. The van der Waals surface area contributed by atoms with Gasteiger partial charge in [0, 0.05) is 12.5 Å². The lowest BCUT2D eigenvalue weighted by Crippen LogP contribution is -2.36. The Bertz CT molecular complexity index is 2030. The molecule has 5 aromatic rings. The molecule has 0 bridgehead atoms. The van der Waals surface area contributed by atoms with E-state index in [2.05, 4.69) is 25.6 Å². The van der Waals surface area contributed by atoms with E-state index in [-0.39, 0.29) is 18.8 Å². The predicted octanol–water partition coefficient (Wildman–Crippen LogP) is 4.22. The molecular formula is C34H32N6O11. The first kappa shape index (κ1) is 33.4. The minimum Gasteiger partial charge on any atom is -0.465 e. The number of benzene rings is 3. The molecule has 51 heavy (non-hydrogen) atoms. The molecule has 2 saturated heterocycles. The molecule has 7 rings (SSSR count). The Morgan fingerprint density at radius 3 is 2.35 bits per heavy atom. The zero-order valence-electron chi connectivity index (χ0n) is 27.3. The number of rotatable bonds is 11. The lowest BCUT2D eigenvalue weighted by Gasteiger charge is -2.19. The van der Waals surface area contributed by atoms with Crippen LogP contribution in [0, 0.1) is 0 Å². The van der Waals surface area contributed by atoms with Gasteiger partial charge < -0.3 is 38.3 Å². The van der Waals surface area contributed by atoms with E-state index in [9.17, 15) is 14.4 Å². The average molecular weight is 701 g/mol. The molecule has 0 spiro atoms. The fourth-order valence-electron chi connectivity index (χ4n) is 6.18. The molecule has 3 aromatic carbocycles. The van der Waals surface area contributed by atoms with E-state index < -0.39 is 49.0 Å². The number of esters is 1. The number of nitrogens with one attached hydrogen (secondary N) is 1. The minimum absolute atomic E-state index is 0.0415. The summed E-state index contributed by atoms with van der Waals surface area (Å²) in [5.41, 5.74) is 4.77. The van der Waals surface area contributed by atoms with Crippen molar-refractivity contribution in [3.63, 3.8) is 0 Å². The van der Waals surface area contributed by atoms with Gasteiger partial charge in [0.05, 0.1) is 43.0 Å². The Hall–Kier alpha value is -6.07. The summed E-state index contributed by atoms with van der Waals surface area (Å²) in [5, 5.41) is 23.3. The molecular weight excluding hydrogens is 668 g/mol. The Labute approximate surface area is 289 Å². The Balaban J connectivity index is 1.05. The highest BCUT2D eigenvalue weighted by Crippen LogP contribution is 2.33. The van der Waals surface area contributed by atoms with Gasteiger partial charge in [-0.15, -0.1) is 10.2 Å². The second-order valence-corrected chi connectivity index (χ2v) is 11.6. The number of imidazole rings is 1. The number of tetrazole rings is 1. The van der Waals surface area contributed by atoms with Crippen molar-refractivity contribution >= 4 is 29.3 Å². The maximum absolute atomic E-state index is 13.5. The summed E-state index contributed by atoms with van der Waals surface area (Å²) >= 11 is 0. The molecule has 2 aromatic heterocycles. The van der Waals surface area contributed by atoms with E-state index in [1.807, 2.05) is 55.5 Å². The highest BCUT2D eigenvalue weighted by Gasteiger charge is 2.51.